The van der Waals surface area contributed by atoms with E-state index in [2.05, 4.69) is 36.7 Å². The predicted molar refractivity (Wildman–Crippen MR) is 95.3 cm³/mol. The number of rotatable bonds is 3. The van der Waals surface area contributed by atoms with E-state index >= 15 is 0 Å². The van der Waals surface area contributed by atoms with Crippen LogP contribution < -0.4 is 4.90 Å². The lowest BCUT2D eigenvalue weighted by molar-refractivity contribution is 1.02. The van der Waals surface area contributed by atoms with Crippen LogP contribution in [-0.4, -0.2) is 12.8 Å². The first-order chi connectivity index (χ1) is 10.2. The molecule has 0 spiro atoms. The molecule has 4 heteroatoms. The van der Waals surface area contributed by atoms with Gasteiger partial charge in [0.15, 0.2) is 0 Å². The van der Waals surface area contributed by atoms with Gasteiger partial charge in [-0.15, -0.1) is 11.3 Å². The van der Waals surface area contributed by atoms with E-state index in [4.69, 9.17) is 0 Å². The number of benzene rings is 1. The molecule has 108 valence electrons. The molecule has 0 aliphatic carbocycles. The summed E-state index contributed by atoms with van der Waals surface area (Å²) in [5, 5.41) is 2.65. The maximum Gasteiger partial charge on any atom is 0.111 e. The standard InChI is InChI=1S/C17H18N2S2/c1-4-19-15(10-11-18-14-8-6-5-7-9-14)21-16-12(2)13(3)20-17(16)19/h5-11H,4H2,1-3H3. The molecule has 0 N–H and O–H groups in total. The van der Waals surface area contributed by atoms with Gasteiger partial charge in [0, 0.05) is 17.6 Å². The van der Waals surface area contributed by atoms with E-state index in [0.717, 1.165) is 12.2 Å². The Morgan fingerprint density at radius 1 is 1.19 bits per heavy atom. The summed E-state index contributed by atoms with van der Waals surface area (Å²) in [5.74, 6) is 0. The number of hydrogen-bond donors (Lipinski definition) is 0. The Labute approximate surface area is 134 Å². The molecule has 0 fully saturated rings. The van der Waals surface area contributed by atoms with Crippen molar-refractivity contribution in [2.75, 3.05) is 11.4 Å². The molecule has 1 aliphatic heterocycles. The van der Waals surface area contributed by atoms with E-state index in [1.165, 1.54) is 25.4 Å². The van der Waals surface area contributed by atoms with Crippen LogP contribution in [-0.2, 0) is 0 Å². The van der Waals surface area contributed by atoms with Crippen molar-refractivity contribution in [3.63, 3.8) is 0 Å². The molecule has 2 nitrogen and oxygen atoms in total. The summed E-state index contributed by atoms with van der Waals surface area (Å²) in [6.45, 7) is 7.60. The van der Waals surface area contributed by atoms with E-state index in [0.29, 0.717) is 0 Å². The Hall–Kier alpha value is -1.52. The average molecular weight is 314 g/mol. The van der Waals surface area contributed by atoms with E-state index in [1.807, 2.05) is 59.6 Å². The second-order valence-corrected chi connectivity index (χ2v) is 7.12. The molecule has 2 aromatic rings. The average Bonchev–Trinajstić information content (AvgIpc) is 2.97. The molecule has 21 heavy (non-hydrogen) atoms. The zero-order valence-electron chi connectivity index (χ0n) is 12.5. The van der Waals surface area contributed by atoms with Crippen molar-refractivity contribution in [2.24, 2.45) is 4.99 Å². The van der Waals surface area contributed by atoms with Gasteiger partial charge in [-0.1, -0.05) is 30.0 Å². The fraction of sp³-hybridized carbons (Fsp3) is 0.235. The molecule has 2 heterocycles. The van der Waals surface area contributed by atoms with Gasteiger partial charge in [0.05, 0.1) is 15.6 Å². The van der Waals surface area contributed by atoms with Gasteiger partial charge in [-0.2, -0.15) is 0 Å². The molecule has 0 radical (unpaired) electrons. The molecule has 1 aliphatic rings. The molecule has 3 rings (SSSR count). The lowest BCUT2D eigenvalue weighted by atomic mass is 10.3. The van der Waals surface area contributed by atoms with Crippen LogP contribution in [0.3, 0.4) is 0 Å². The Bertz CT molecular complexity index is 699. The van der Waals surface area contributed by atoms with Gasteiger partial charge >= 0.3 is 0 Å². The lowest BCUT2D eigenvalue weighted by Gasteiger charge is -2.16. The zero-order chi connectivity index (χ0) is 14.8. The summed E-state index contributed by atoms with van der Waals surface area (Å²) in [7, 11) is 0. The molecular formula is C17H18N2S2. The second kappa shape index (κ2) is 6.08. The third-order valence-electron chi connectivity index (χ3n) is 3.54. The largest absolute Gasteiger partial charge is 0.327 e. The Kier molecular flexibility index (Phi) is 4.17. The van der Waals surface area contributed by atoms with Gasteiger partial charge in [0.1, 0.15) is 5.00 Å². The fourth-order valence-corrected chi connectivity index (χ4v) is 4.94. The zero-order valence-corrected chi connectivity index (χ0v) is 14.1. The number of para-hydroxylation sites is 1. The van der Waals surface area contributed by atoms with Crippen molar-refractivity contribution in [3.05, 3.63) is 51.9 Å². The summed E-state index contributed by atoms with van der Waals surface area (Å²) in [6.07, 6.45) is 4.02. The molecule has 0 bridgehead atoms. The quantitative estimate of drug-likeness (QED) is 0.691. The molecule has 0 unspecified atom stereocenters. The van der Waals surface area contributed by atoms with Crippen LogP contribution in [0.15, 0.2) is 51.3 Å². The van der Waals surface area contributed by atoms with Gasteiger partial charge in [-0.05, 0) is 44.5 Å². The van der Waals surface area contributed by atoms with Gasteiger partial charge in [0.25, 0.3) is 0 Å². The Balaban J connectivity index is 1.84. The monoisotopic (exact) mass is 314 g/mol. The number of thiophene rings is 1. The maximum atomic E-state index is 4.49. The minimum atomic E-state index is 0.988. The van der Waals surface area contributed by atoms with Gasteiger partial charge < -0.3 is 4.90 Å². The highest BCUT2D eigenvalue weighted by atomic mass is 32.2. The van der Waals surface area contributed by atoms with Crippen molar-refractivity contribution in [1.82, 2.24) is 0 Å². The van der Waals surface area contributed by atoms with Gasteiger partial charge in [-0.3, -0.25) is 4.99 Å². The van der Waals surface area contributed by atoms with Crippen molar-refractivity contribution in [1.29, 1.82) is 0 Å². The van der Waals surface area contributed by atoms with Gasteiger partial charge in [-0.25, -0.2) is 0 Å². The first kappa shape index (κ1) is 14.4. The molecule has 0 amide bonds. The van der Waals surface area contributed by atoms with Crippen LogP contribution in [0.25, 0.3) is 0 Å². The third-order valence-corrected chi connectivity index (χ3v) is 6.17. The smallest absolute Gasteiger partial charge is 0.111 e. The molecule has 1 aromatic carbocycles. The van der Waals surface area contributed by atoms with Crippen LogP contribution in [0.2, 0.25) is 0 Å². The Morgan fingerprint density at radius 2 is 1.95 bits per heavy atom. The summed E-state index contributed by atoms with van der Waals surface area (Å²) < 4.78 is 0. The van der Waals surface area contributed by atoms with Crippen molar-refractivity contribution < 1.29 is 0 Å². The first-order valence-corrected chi connectivity index (χ1v) is 8.68. The number of fused-ring (bicyclic) bond motifs is 1. The van der Waals surface area contributed by atoms with E-state index < -0.39 is 0 Å². The van der Waals surface area contributed by atoms with Gasteiger partial charge in [0.2, 0.25) is 0 Å². The molecular weight excluding hydrogens is 296 g/mol. The molecule has 1 aromatic heterocycles. The van der Waals surface area contributed by atoms with Crippen LogP contribution in [0.1, 0.15) is 17.4 Å². The number of aryl methyl sites for hydroxylation is 1. The van der Waals surface area contributed by atoms with Crippen molar-refractivity contribution >= 4 is 40.0 Å². The topological polar surface area (TPSA) is 15.6 Å². The van der Waals surface area contributed by atoms with Crippen LogP contribution in [0.5, 0.6) is 0 Å². The van der Waals surface area contributed by atoms with E-state index in [1.54, 1.807) is 0 Å². The summed E-state index contributed by atoms with van der Waals surface area (Å²) in [4.78, 5) is 9.70. The highest BCUT2D eigenvalue weighted by Gasteiger charge is 2.28. The summed E-state index contributed by atoms with van der Waals surface area (Å²) in [5.41, 5.74) is 2.41. The fourth-order valence-electron chi connectivity index (χ4n) is 2.27. The van der Waals surface area contributed by atoms with E-state index in [-0.39, 0.29) is 0 Å². The molecule has 0 atom stereocenters. The number of allylic oxidation sites excluding steroid dienone is 1. The van der Waals surface area contributed by atoms with Crippen LogP contribution >= 0.6 is 23.1 Å². The van der Waals surface area contributed by atoms with Crippen molar-refractivity contribution in [2.45, 2.75) is 25.7 Å². The van der Waals surface area contributed by atoms with Crippen LogP contribution in [0.4, 0.5) is 10.7 Å². The normalized spacial score (nSPS) is 16.1. The summed E-state index contributed by atoms with van der Waals surface area (Å²) in [6, 6.07) is 10.0. The molecule has 0 saturated heterocycles. The number of aliphatic imine (C=N–C) groups is 1. The SMILES string of the molecule is CCN1C(=CC=Nc2ccccc2)Sc2c1sc(C)c2C. The maximum absolute atomic E-state index is 4.49. The highest BCUT2D eigenvalue weighted by molar-refractivity contribution is 8.04. The number of thioether (sulfide) groups is 1. The minimum absolute atomic E-state index is 0.988. The first-order valence-electron chi connectivity index (χ1n) is 7.05. The summed E-state index contributed by atoms with van der Waals surface area (Å²) >= 11 is 3.75. The number of anilines is 1. The van der Waals surface area contributed by atoms with E-state index in [9.17, 15) is 0 Å². The third kappa shape index (κ3) is 2.78. The second-order valence-electron chi connectivity index (χ2n) is 4.88. The lowest BCUT2D eigenvalue weighted by Crippen LogP contribution is -2.15. The van der Waals surface area contributed by atoms with Crippen LogP contribution in [0, 0.1) is 13.8 Å². The predicted octanol–water partition coefficient (Wildman–Crippen LogP) is 5.54. The minimum Gasteiger partial charge on any atom is -0.327 e. The van der Waals surface area contributed by atoms with Crippen molar-refractivity contribution in [3.8, 4) is 0 Å². The molecule has 0 saturated carbocycles. The number of hydrogen-bond acceptors (Lipinski definition) is 4. The Morgan fingerprint density at radius 3 is 2.67 bits per heavy atom. The highest BCUT2D eigenvalue weighted by Crippen LogP contribution is 2.52. The number of nitrogens with zero attached hydrogens (tertiary/aromatic N) is 2.